The molecule has 2 saturated heterocycles. The summed E-state index contributed by atoms with van der Waals surface area (Å²) in [5.74, 6) is -0.513. The van der Waals surface area contributed by atoms with Gasteiger partial charge in [-0.25, -0.2) is 9.78 Å². The molecule has 0 radical (unpaired) electrons. The van der Waals surface area contributed by atoms with Crippen molar-refractivity contribution in [3.05, 3.63) is 39.8 Å². The molecule has 2 fully saturated rings. The number of anilines is 1. The summed E-state index contributed by atoms with van der Waals surface area (Å²) in [6, 6.07) is 2.62. The summed E-state index contributed by atoms with van der Waals surface area (Å²) in [5.41, 5.74) is 0.0286. The summed E-state index contributed by atoms with van der Waals surface area (Å²) in [5, 5.41) is 0. The molecule has 9 nitrogen and oxygen atoms in total. The fourth-order valence-electron chi connectivity index (χ4n) is 5.28. The molecular formula is C21H23N5O4. The van der Waals surface area contributed by atoms with Gasteiger partial charge in [0.05, 0.1) is 11.6 Å². The van der Waals surface area contributed by atoms with E-state index in [-0.39, 0.29) is 12.0 Å². The first kappa shape index (κ1) is 18.8. The first-order valence-corrected chi connectivity index (χ1v) is 10.2. The van der Waals surface area contributed by atoms with E-state index in [1.54, 1.807) is 12.3 Å². The van der Waals surface area contributed by atoms with Crippen molar-refractivity contribution >= 4 is 29.3 Å². The molecule has 1 spiro atoms. The Morgan fingerprint density at radius 1 is 1.03 bits per heavy atom. The van der Waals surface area contributed by atoms with Gasteiger partial charge in [0.15, 0.2) is 5.41 Å². The van der Waals surface area contributed by atoms with Gasteiger partial charge in [-0.1, -0.05) is 6.07 Å². The summed E-state index contributed by atoms with van der Waals surface area (Å²) in [4.78, 5) is 61.5. The first-order chi connectivity index (χ1) is 14.3. The number of barbiturate groups is 1. The maximum Gasteiger partial charge on any atom is 0.332 e. The van der Waals surface area contributed by atoms with E-state index in [0.29, 0.717) is 30.0 Å². The number of carbonyl (C=O) groups is 3. The molecular weight excluding hydrogens is 386 g/mol. The lowest BCUT2D eigenvalue weighted by molar-refractivity contribution is -0.159. The number of aromatic nitrogens is 2. The topological polar surface area (TPSA) is 95.3 Å². The van der Waals surface area contributed by atoms with Crippen molar-refractivity contribution < 1.29 is 14.4 Å². The molecule has 4 amide bonds. The number of pyridine rings is 1. The fourth-order valence-corrected chi connectivity index (χ4v) is 5.28. The standard InChI is InChI=1S/C21H23N5O4/c1-12-7-8-15-22-16-13(17(27)26(15)11-12)10-21(14-6-4-5-9-25(14)16)18(28)23(2)20(30)24(3)19(21)29/h7-8,11,14H,4-6,9-10H2,1-3H3/t14-/m1/s1. The van der Waals surface area contributed by atoms with Crippen molar-refractivity contribution in [2.24, 2.45) is 5.41 Å². The highest BCUT2D eigenvalue weighted by Crippen LogP contribution is 2.47. The highest BCUT2D eigenvalue weighted by Gasteiger charge is 2.63. The van der Waals surface area contributed by atoms with E-state index in [1.807, 2.05) is 17.9 Å². The van der Waals surface area contributed by atoms with Gasteiger partial charge in [-0.3, -0.25) is 28.6 Å². The van der Waals surface area contributed by atoms with E-state index in [1.165, 1.54) is 18.5 Å². The maximum absolute atomic E-state index is 13.5. The van der Waals surface area contributed by atoms with Crippen LogP contribution in [-0.2, 0) is 16.0 Å². The molecule has 156 valence electrons. The van der Waals surface area contributed by atoms with Crippen molar-refractivity contribution in [1.82, 2.24) is 19.2 Å². The van der Waals surface area contributed by atoms with Crippen molar-refractivity contribution in [2.45, 2.75) is 38.6 Å². The van der Waals surface area contributed by atoms with Crippen LogP contribution >= 0.6 is 0 Å². The second-order valence-electron chi connectivity index (χ2n) is 8.52. The Kier molecular flexibility index (Phi) is 3.84. The van der Waals surface area contributed by atoms with Gasteiger partial charge in [0.1, 0.15) is 11.5 Å². The molecule has 0 bridgehead atoms. The minimum atomic E-state index is -1.50. The molecule has 3 aliphatic rings. The number of fused-ring (bicyclic) bond motifs is 5. The fraction of sp³-hybridized carbons (Fsp3) is 0.476. The van der Waals surface area contributed by atoms with Crippen molar-refractivity contribution in [2.75, 3.05) is 25.5 Å². The lowest BCUT2D eigenvalue weighted by atomic mass is 9.66. The molecule has 5 rings (SSSR count). The van der Waals surface area contributed by atoms with Crippen LogP contribution in [-0.4, -0.2) is 63.7 Å². The molecule has 5 heterocycles. The number of imide groups is 2. The Morgan fingerprint density at radius 3 is 2.43 bits per heavy atom. The van der Waals surface area contributed by atoms with E-state index in [2.05, 4.69) is 0 Å². The number of amides is 4. The molecule has 1 atom stereocenters. The third-order valence-electron chi connectivity index (χ3n) is 6.79. The van der Waals surface area contributed by atoms with E-state index in [4.69, 9.17) is 4.98 Å². The molecule has 0 N–H and O–H groups in total. The zero-order valence-corrected chi connectivity index (χ0v) is 17.2. The van der Waals surface area contributed by atoms with Crippen LogP contribution in [0.3, 0.4) is 0 Å². The maximum atomic E-state index is 13.5. The lowest BCUT2D eigenvalue weighted by Crippen LogP contribution is -2.72. The number of piperidine rings is 1. The quantitative estimate of drug-likeness (QED) is 0.602. The molecule has 3 aliphatic heterocycles. The number of aryl methyl sites for hydroxylation is 1. The molecule has 0 aromatic carbocycles. The average Bonchev–Trinajstić information content (AvgIpc) is 2.76. The average molecular weight is 409 g/mol. The summed E-state index contributed by atoms with van der Waals surface area (Å²) >= 11 is 0. The SMILES string of the molecule is Cc1ccc2nc3c(c(=O)n2c1)CC1(C(=O)N(C)C(=O)N(C)C1=O)[C@H]1CCCCN31. The Labute approximate surface area is 172 Å². The van der Waals surface area contributed by atoms with Crippen LogP contribution in [0.4, 0.5) is 10.6 Å². The van der Waals surface area contributed by atoms with E-state index >= 15 is 0 Å². The molecule has 30 heavy (non-hydrogen) atoms. The number of hydrogen-bond acceptors (Lipinski definition) is 6. The van der Waals surface area contributed by atoms with Crippen LogP contribution < -0.4 is 10.5 Å². The number of nitrogens with zero attached hydrogens (tertiary/aromatic N) is 5. The third-order valence-corrected chi connectivity index (χ3v) is 6.79. The zero-order chi connectivity index (χ0) is 21.4. The van der Waals surface area contributed by atoms with Gasteiger partial charge < -0.3 is 4.90 Å². The zero-order valence-electron chi connectivity index (χ0n) is 17.2. The molecule has 0 unspecified atom stereocenters. The highest BCUT2D eigenvalue weighted by atomic mass is 16.2. The van der Waals surface area contributed by atoms with Crippen LogP contribution in [0.25, 0.3) is 5.65 Å². The minimum absolute atomic E-state index is 0.0498. The Balaban J connectivity index is 1.80. The molecule has 0 saturated carbocycles. The van der Waals surface area contributed by atoms with Gasteiger partial charge in [-0.15, -0.1) is 0 Å². The second-order valence-corrected chi connectivity index (χ2v) is 8.52. The first-order valence-electron chi connectivity index (χ1n) is 10.2. The summed E-state index contributed by atoms with van der Waals surface area (Å²) in [6.45, 7) is 2.49. The Morgan fingerprint density at radius 2 is 1.73 bits per heavy atom. The van der Waals surface area contributed by atoms with E-state index in [0.717, 1.165) is 28.2 Å². The number of rotatable bonds is 0. The number of hydrogen-bond donors (Lipinski definition) is 0. The van der Waals surface area contributed by atoms with Crippen LogP contribution in [0.1, 0.15) is 30.4 Å². The molecule has 9 heteroatoms. The largest absolute Gasteiger partial charge is 0.352 e. The van der Waals surface area contributed by atoms with Gasteiger partial charge >= 0.3 is 6.03 Å². The van der Waals surface area contributed by atoms with E-state index < -0.39 is 29.3 Å². The molecule has 2 aromatic rings. The van der Waals surface area contributed by atoms with Crippen LogP contribution in [0.2, 0.25) is 0 Å². The number of urea groups is 1. The van der Waals surface area contributed by atoms with Gasteiger partial charge in [-0.2, -0.15) is 0 Å². The normalized spacial score (nSPS) is 23.2. The molecule has 2 aromatic heterocycles. The second kappa shape index (κ2) is 6.13. The van der Waals surface area contributed by atoms with Crippen LogP contribution in [0, 0.1) is 12.3 Å². The predicted molar refractivity (Wildman–Crippen MR) is 108 cm³/mol. The summed E-state index contributed by atoms with van der Waals surface area (Å²) in [6.07, 6.45) is 4.04. The van der Waals surface area contributed by atoms with Gasteiger partial charge in [0.25, 0.3) is 5.56 Å². The summed E-state index contributed by atoms with van der Waals surface area (Å²) in [7, 11) is 2.79. The molecule has 0 aliphatic carbocycles. The smallest absolute Gasteiger partial charge is 0.332 e. The summed E-state index contributed by atoms with van der Waals surface area (Å²) < 4.78 is 1.47. The highest BCUT2D eigenvalue weighted by molar-refractivity contribution is 6.20. The Bertz CT molecular complexity index is 1160. The van der Waals surface area contributed by atoms with Crippen LogP contribution in [0.15, 0.2) is 23.1 Å². The predicted octanol–water partition coefficient (Wildman–Crippen LogP) is 0.955. The third kappa shape index (κ3) is 2.20. The van der Waals surface area contributed by atoms with Gasteiger partial charge in [0.2, 0.25) is 11.8 Å². The number of carbonyl (C=O) groups excluding carboxylic acids is 3. The Hall–Kier alpha value is -3.23. The van der Waals surface area contributed by atoms with Crippen molar-refractivity contribution in [3.8, 4) is 0 Å². The van der Waals surface area contributed by atoms with Crippen LogP contribution in [0.5, 0.6) is 0 Å². The minimum Gasteiger partial charge on any atom is -0.352 e. The van der Waals surface area contributed by atoms with Gasteiger partial charge in [-0.05, 0) is 37.8 Å². The lowest BCUT2D eigenvalue weighted by Gasteiger charge is -2.53. The van der Waals surface area contributed by atoms with Gasteiger partial charge in [0, 0.05) is 33.3 Å². The monoisotopic (exact) mass is 409 g/mol. The van der Waals surface area contributed by atoms with E-state index in [9.17, 15) is 19.2 Å². The van der Waals surface area contributed by atoms with Crippen molar-refractivity contribution in [1.29, 1.82) is 0 Å². The van der Waals surface area contributed by atoms with Crippen molar-refractivity contribution in [3.63, 3.8) is 0 Å².